The summed E-state index contributed by atoms with van der Waals surface area (Å²) >= 11 is 0. The Labute approximate surface area is 183 Å². The molecule has 0 aliphatic rings. The lowest BCUT2D eigenvalue weighted by Gasteiger charge is -2.22. The van der Waals surface area contributed by atoms with Gasteiger partial charge >= 0.3 is 0 Å². The molecule has 164 valence electrons. The number of rotatable bonds is 3. The maximum atomic E-state index is 11.8. The molecule has 0 saturated carbocycles. The Hall–Kier alpha value is -2.89. The number of hydrogen-bond acceptors (Lipinski definition) is 5. The Morgan fingerprint density at radius 1 is 1.06 bits per heavy atom. The fourth-order valence-electron chi connectivity index (χ4n) is 3.34. The van der Waals surface area contributed by atoms with Crippen molar-refractivity contribution in [2.75, 3.05) is 11.0 Å². The van der Waals surface area contributed by atoms with Crippen LogP contribution in [0.2, 0.25) is 0 Å². The van der Waals surface area contributed by atoms with E-state index in [4.69, 9.17) is 4.98 Å². The summed E-state index contributed by atoms with van der Waals surface area (Å²) in [5, 5.41) is 15.0. The molecule has 0 aliphatic carbocycles. The van der Waals surface area contributed by atoms with Crippen molar-refractivity contribution in [3.8, 4) is 23.0 Å². The van der Waals surface area contributed by atoms with E-state index >= 15 is 0 Å². The van der Waals surface area contributed by atoms with Crippen molar-refractivity contribution >= 4 is 26.7 Å². The summed E-state index contributed by atoms with van der Waals surface area (Å²) in [7, 11) is -1.68. The molecule has 3 aromatic rings. The van der Waals surface area contributed by atoms with Gasteiger partial charge < -0.3 is 5.11 Å². The molecule has 0 spiro atoms. The highest BCUT2D eigenvalue weighted by molar-refractivity contribution is 7.92. The lowest BCUT2D eigenvalue weighted by atomic mass is 9.85. The molecule has 3 rings (SSSR count). The number of nitrogens with one attached hydrogen (secondary N) is 1. The van der Waals surface area contributed by atoms with Gasteiger partial charge in [0, 0.05) is 29.0 Å². The molecule has 0 fully saturated rings. The van der Waals surface area contributed by atoms with Crippen molar-refractivity contribution in [1.82, 2.24) is 14.8 Å². The van der Waals surface area contributed by atoms with Crippen LogP contribution in [0.25, 0.3) is 22.0 Å². The van der Waals surface area contributed by atoms with E-state index in [0.717, 1.165) is 28.6 Å². The minimum atomic E-state index is -3.46. The van der Waals surface area contributed by atoms with E-state index in [2.05, 4.69) is 42.4 Å². The van der Waals surface area contributed by atoms with Crippen LogP contribution >= 0.6 is 0 Å². The summed E-state index contributed by atoms with van der Waals surface area (Å²) in [6.07, 6.45) is 1.10. The summed E-state index contributed by atoms with van der Waals surface area (Å²) in [5.41, 5.74) is 2.65. The zero-order chi connectivity index (χ0) is 23.2. The first-order valence-corrected chi connectivity index (χ1v) is 11.8. The zero-order valence-electron chi connectivity index (χ0n) is 18.9. The third-order valence-electron chi connectivity index (χ3n) is 4.54. The maximum Gasteiger partial charge on any atom is 0.231 e. The molecule has 0 bridgehead atoms. The number of hydrogen-bond donors (Lipinski definition) is 2. The van der Waals surface area contributed by atoms with Crippen molar-refractivity contribution in [3.63, 3.8) is 0 Å². The molecule has 7 nitrogen and oxygen atoms in total. The van der Waals surface area contributed by atoms with Gasteiger partial charge in [-0.15, -0.1) is 0 Å². The van der Waals surface area contributed by atoms with E-state index in [1.807, 2.05) is 30.3 Å². The number of para-hydroxylation sites is 1. The van der Waals surface area contributed by atoms with Crippen LogP contribution < -0.4 is 4.72 Å². The second-order valence-electron chi connectivity index (χ2n) is 9.20. The van der Waals surface area contributed by atoms with Crippen LogP contribution in [0.3, 0.4) is 0 Å². The molecule has 2 N–H and O–H groups in total. The molecule has 1 aromatic carbocycles. The lowest BCUT2D eigenvalue weighted by molar-refractivity contribution is 0.143. The van der Waals surface area contributed by atoms with E-state index in [1.54, 1.807) is 25.6 Å². The van der Waals surface area contributed by atoms with Gasteiger partial charge in [0.1, 0.15) is 11.3 Å². The first-order chi connectivity index (χ1) is 14.2. The van der Waals surface area contributed by atoms with Crippen LogP contribution in [0.1, 0.15) is 46.0 Å². The Bertz CT molecular complexity index is 1320. The molecule has 0 saturated heterocycles. The van der Waals surface area contributed by atoms with E-state index in [9.17, 15) is 13.5 Å². The molecule has 2 heterocycles. The third-order valence-corrected chi connectivity index (χ3v) is 5.10. The third kappa shape index (κ3) is 5.24. The summed E-state index contributed by atoms with van der Waals surface area (Å²) < 4.78 is 27.7. The standard InChI is InChI=1S/C23H28N4O3S/c1-22(2,3)20-17(12-11-15(24-20)13-14-23(4,5)28)16-9-8-10-18-19(16)27(6)25-21(18)26-31(7,29)30/h8-12,28H,1-7H3,(H,25,26). The van der Waals surface area contributed by atoms with E-state index < -0.39 is 15.6 Å². The number of benzene rings is 1. The van der Waals surface area contributed by atoms with Crippen LogP contribution in [0.15, 0.2) is 30.3 Å². The Morgan fingerprint density at radius 2 is 1.74 bits per heavy atom. The second kappa shape index (κ2) is 7.66. The van der Waals surface area contributed by atoms with E-state index in [0.29, 0.717) is 16.9 Å². The predicted octanol–water partition coefficient (Wildman–Crippen LogP) is 3.43. The largest absolute Gasteiger partial charge is 0.378 e. The lowest BCUT2D eigenvalue weighted by Crippen LogP contribution is -2.17. The van der Waals surface area contributed by atoms with Crippen LogP contribution in [-0.4, -0.2) is 40.1 Å². The Kier molecular flexibility index (Phi) is 5.63. The molecule has 31 heavy (non-hydrogen) atoms. The molecular weight excluding hydrogens is 412 g/mol. The van der Waals surface area contributed by atoms with Gasteiger partial charge in [0.05, 0.1) is 17.5 Å². The number of sulfonamides is 1. The minimum absolute atomic E-state index is 0.281. The molecule has 8 heteroatoms. The van der Waals surface area contributed by atoms with Crippen molar-refractivity contribution in [2.24, 2.45) is 7.05 Å². The van der Waals surface area contributed by atoms with Crippen LogP contribution in [0.5, 0.6) is 0 Å². The monoisotopic (exact) mass is 440 g/mol. The van der Waals surface area contributed by atoms with Gasteiger partial charge in [-0.2, -0.15) is 5.10 Å². The number of aromatic nitrogens is 3. The second-order valence-corrected chi connectivity index (χ2v) is 10.9. The molecule has 0 aliphatic heterocycles. The summed E-state index contributed by atoms with van der Waals surface area (Å²) in [6, 6.07) is 9.48. The highest BCUT2D eigenvalue weighted by atomic mass is 32.2. The van der Waals surface area contributed by atoms with Gasteiger partial charge in [0.15, 0.2) is 5.82 Å². The highest BCUT2D eigenvalue weighted by Crippen LogP contribution is 2.37. The highest BCUT2D eigenvalue weighted by Gasteiger charge is 2.24. The van der Waals surface area contributed by atoms with Gasteiger partial charge in [0.2, 0.25) is 10.0 Å². The van der Waals surface area contributed by atoms with Gasteiger partial charge in [-0.3, -0.25) is 9.40 Å². The Balaban J connectivity index is 2.26. The smallest absolute Gasteiger partial charge is 0.231 e. The average Bonchev–Trinajstić information content (AvgIpc) is 2.93. The molecule has 0 atom stereocenters. The quantitative estimate of drug-likeness (QED) is 0.608. The Morgan fingerprint density at radius 3 is 2.32 bits per heavy atom. The summed E-state index contributed by atoms with van der Waals surface area (Å²) in [6.45, 7) is 9.48. The molecule has 0 amide bonds. The molecule has 0 unspecified atom stereocenters. The predicted molar refractivity (Wildman–Crippen MR) is 124 cm³/mol. The first-order valence-electron chi connectivity index (χ1n) is 9.87. The average molecular weight is 441 g/mol. The normalized spacial score (nSPS) is 12.5. The fourth-order valence-corrected chi connectivity index (χ4v) is 3.84. The number of aliphatic hydroxyl groups is 1. The van der Waals surface area contributed by atoms with Gasteiger partial charge in [-0.05, 0) is 38.0 Å². The van der Waals surface area contributed by atoms with Gasteiger partial charge in [-0.1, -0.05) is 38.8 Å². The van der Waals surface area contributed by atoms with Crippen molar-refractivity contribution in [2.45, 2.75) is 45.6 Å². The number of anilines is 1. The number of aryl methyl sites for hydroxylation is 1. The van der Waals surface area contributed by atoms with Crippen LogP contribution in [-0.2, 0) is 22.5 Å². The molecular formula is C23H28N4O3S. The molecule has 0 radical (unpaired) electrons. The topological polar surface area (TPSA) is 97.1 Å². The number of pyridine rings is 1. The summed E-state index contributed by atoms with van der Waals surface area (Å²) in [5.74, 6) is 6.04. The fraction of sp³-hybridized carbons (Fsp3) is 0.391. The van der Waals surface area contributed by atoms with Crippen molar-refractivity contribution in [3.05, 3.63) is 41.7 Å². The van der Waals surface area contributed by atoms with Crippen molar-refractivity contribution < 1.29 is 13.5 Å². The van der Waals surface area contributed by atoms with Gasteiger partial charge in [0.25, 0.3) is 0 Å². The van der Waals surface area contributed by atoms with Crippen LogP contribution in [0, 0.1) is 11.8 Å². The number of fused-ring (bicyclic) bond motifs is 1. The van der Waals surface area contributed by atoms with Crippen molar-refractivity contribution in [1.29, 1.82) is 0 Å². The first kappa shape index (κ1) is 22.8. The van der Waals surface area contributed by atoms with Gasteiger partial charge in [-0.25, -0.2) is 13.4 Å². The van der Waals surface area contributed by atoms with E-state index in [-0.39, 0.29) is 5.41 Å². The van der Waals surface area contributed by atoms with Crippen LogP contribution in [0.4, 0.5) is 5.82 Å². The minimum Gasteiger partial charge on any atom is -0.378 e. The summed E-state index contributed by atoms with van der Waals surface area (Å²) in [4.78, 5) is 4.80. The zero-order valence-corrected chi connectivity index (χ0v) is 19.7. The maximum absolute atomic E-state index is 11.8. The number of nitrogens with zero attached hydrogens (tertiary/aromatic N) is 3. The van der Waals surface area contributed by atoms with E-state index in [1.165, 1.54) is 0 Å². The molecule has 2 aromatic heterocycles. The SMILES string of the molecule is Cn1nc(NS(C)(=O)=O)c2cccc(-c3ccc(C#CC(C)(C)O)nc3C(C)(C)C)c21.